The molecule has 6 nitrogen and oxygen atoms in total. The van der Waals surface area contributed by atoms with Crippen molar-refractivity contribution >= 4 is 11.8 Å². The maximum Gasteiger partial charge on any atom is 0.236 e. The Hall–Kier alpha value is -0.630. The molecule has 0 amide bonds. The molecule has 3 unspecified atom stereocenters. The summed E-state index contributed by atoms with van der Waals surface area (Å²) in [5.41, 5.74) is 5.66. The van der Waals surface area contributed by atoms with Crippen LogP contribution >= 0.6 is 11.8 Å². The van der Waals surface area contributed by atoms with E-state index in [9.17, 15) is 0 Å². The van der Waals surface area contributed by atoms with Crippen LogP contribution in [-0.2, 0) is 14.9 Å². The number of aromatic nitrogens is 2. The summed E-state index contributed by atoms with van der Waals surface area (Å²) in [4.78, 5) is 4.46. The number of nitrogens with two attached hydrogens (primary N) is 1. The molecule has 2 saturated heterocycles. The second-order valence-corrected chi connectivity index (χ2v) is 6.08. The smallest absolute Gasteiger partial charge is 0.236 e. The topological polar surface area (TPSA) is 83.4 Å². The average Bonchev–Trinajstić information content (AvgIpc) is 3.00. The maximum atomic E-state index is 6.04. The molecule has 3 atom stereocenters. The van der Waals surface area contributed by atoms with Crippen LogP contribution in [0.2, 0.25) is 0 Å². The lowest BCUT2D eigenvalue weighted by molar-refractivity contribution is 0.0677. The molecule has 2 aliphatic heterocycles. The minimum absolute atomic E-state index is 0.0663. The van der Waals surface area contributed by atoms with Gasteiger partial charge in [0.05, 0.1) is 25.2 Å². The van der Waals surface area contributed by atoms with Crippen LogP contribution in [0.3, 0.4) is 0 Å². The van der Waals surface area contributed by atoms with E-state index in [2.05, 4.69) is 10.1 Å². The van der Waals surface area contributed by atoms with Crippen LogP contribution in [0, 0.1) is 0 Å². The monoisotopic (exact) mass is 271 g/mol. The summed E-state index contributed by atoms with van der Waals surface area (Å²) in [5, 5.41) is 4.03. The SMILES string of the molecule is CC1(c2nc(C3CSCCO3)no2)COCC1N. The Kier molecular flexibility index (Phi) is 3.31. The quantitative estimate of drug-likeness (QED) is 0.838. The molecule has 2 fully saturated rings. The van der Waals surface area contributed by atoms with Gasteiger partial charge in [-0.25, -0.2) is 0 Å². The number of rotatable bonds is 2. The predicted octanol–water partition coefficient (Wildman–Crippen LogP) is 0.489. The Bertz CT molecular complexity index is 421. The van der Waals surface area contributed by atoms with E-state index in [0.717, 1.165) is 18.1 Å². The first-order valence-corrected chi connectivity index (χ1v) is 7.22. The van der Waals surface area contributed by atoms with Gasteiger partial charge in [-0.2, -0.15) is 16.7 Å². The standard InChI is InChI=1S/C11H17N3O3S/c1-11(6-15-4-8(11)12)10-13-9(14-17-10)7-5-18-3-2-16-7/h7-8H,2-6,12H2,1H3. The minimum atomic E-state index is -0.382. The molecular formula is C11H17N3O3S. The molecule has 2 aliphatic rings. The summed E-state index contributed by atoms with van der Waals surface area (Å²) < 4.78 is 16.4. The van der Waals surface area contributed by atoms with Gasteiger partial charge in [-0.05, 0) is 6.92 Å². The highest BCUT2D eigenvalue weighted by atomic mass is 32.2. The highest BCUT2D eigenvalue weighted by Gasteiger charge is 2.44. The molecule has 18 heavy (non-hydrogen) atoms. The number of hydrogen-bond donors (Lipinski definition) is 1. The summed E-state index contributed by atoms with van der Waals surface area (Å²) in [6.45, 7) is 3.79. The molecule has 2 N–H and O–H groups in total. The molecule has 0 aliphatic carbocycles. The van der Waals surface area contributed by atoms with Gasteiger partial charge in [-0.15, -0.1) is 0 Å². The molecule has 0 saturated carbocycles. The van der Waals surface area contributed by atoms with Gasteiger partial charge in [0.25, 0.3) is 0 Å². The number of ether oxygens (including phenoxy) is 2. The Morgan fingerprint density at radius 1 is 1.50 bits per heavy atom. The van der Waals surface area contributed by atoms with E-state index >= 15 is 0 Å². The van der Waals surface area contributed by atoms with Gasteiger partial charge in [0.2, 0.25) is 11.7 Å². The fraction of sp³-hybridized carbons (Fsp3) is 0.818. The lowest BCUT2D eigenvalue weighted by Crippen LogP contribution is -2.42. The first kappa shape index (κ1) is 12.4. The van der Waals surface area contributed by atoms with Crippen molar-refractivity contribution in [2.24, 2.45) is 5.73 Å². The van der Waals surface area contributed by atoms with Crippen molar-refractivity contribution in [3.05, 3.63) is 11.7 Å². The molecular weight excluding hydrogens is 254 g/mol. The van der Waals surface area contributed by atoms with Crippen LogP contribution in [0.1, 0.15) is 24.7 Å². The summed E-state index contributed by atoms with van der Waals surface area (Å²) in [6, 6.07) is -0.104. The van der Waals surface area contributed by atoms with Gasteiger partial charge >= 0.3 is 0 Å². The van der Waals surface area contributed by atoms with Crippen LogP contribution in [0.15, 0.2) is 4.52 Å². The largest absolute Gasteiger partial charge is 0.379 e. The molecule has 0 aromatic carbocycles. The average molecular weight is 271 g/mol. The van der Waals surface area contributed by atoms with Crippen molar-refractivity contribution < 1.29 is 14.0 Å². The first-order valence-electron chi connectivity index (χ1n) is 6.07. The van der Waals surface area contributed by atoms with Crippen LogP contribution < -0.4 is 5.73 Å². The van der Waals surface area contributed by atoms with Gasteiger partial charge in [0.15, 0.2) is 0 Å². The lowest BCUT2D eigenvalue weighted by Gasteiger charge is -2.21. The van der Waals surface area contributed by atoms with E-state index in [4.69, 9.17) is 19.7 Å². The van der Waals surface area contributed by atoms with Crippen molar-refractivity contribution in [1.29, 1.82) is 0 Å². The molecule has 0 spiro atoms. The zero-order valence-electron chi connectivity index (χ0n) is 10.3. The molecule has 3 heterocycles. The minimum Gasteiger partial charge on any atom is -0.379 e. The third-order valence-electron chi connectivity index (χ3n) is 3.55. The van der Waals surface area contributed by atoms with Crippen LogP contribution in [0.25, 0.3) is 0 Å². The van der Waals surface area contributed by atoms with E-state index in [1.165, 1.54) is 0 Å². The predicted molar refractivity (Wildman–Crippen MR) is 66.5 cm³/mol. The van der Waals surface area contributed by atoms with Crippen LogP contribution in [-0.4, -0.2) is 47.5 Å². The third kappa shape index (κ3) is 2.05. The molecule has 3 rings (SSSR count). The number of hydrogen-bond acceptors (Lipinski definition) is 7. The Morgan fingerprint density at radius 3 is 3.06 bits per heavy atom. The van der Waals surface area contributed by atoms with E-state index < -0.39 is 0 Å². The summed E-state index contributed by atoms with van der Waals surface area (Å²) >= 11 is 1.84. The molecule has 0 bridgehead atoms. The van der Waals surface area contributed by atoms with Gasteiger partial charge in [-0.3, -0.25) is 0 Å². The van der Waals surface area contributed by atoms with Gasteiger partial charge in [0, 0.05) is 17.5 Å². The molecule has 0 radical (unpaired) electrons. The van der Waals surface area contributed by atoms with Gasteiger partial charge in [0.1, 0.15) is 6.10 Å². The number of nitrogens with zero attached hydrogens (tertiary/aromatic N) is 2. The number of thioether (sulfide) groups is 1. The van der Waals surface area contributed by atoms with Crippen molar-refractivity contribution in [3.8, 4) is 0 Å². The van der Waals surface area contributed by atoms with E-state index in [1.54, 1.807) is 0 Å². The van der Waals surface area contributed by atoms with Crippen LogP contribution in [0.4, 0.5) is 0 Å². The fourth-order valence-corrected chi connectivity index (χ4v) is 2.98. The molecule has 1 aromatic rings. The van der Waals surface area contributed by atoms with Crippen molar-refractivity contribution in [3.63, 3.8) is 0 Å². The van der Waals surface area contributed by atoms with Crippen molar-refractivity contribution in [2.75, 3.05) is 31.3 Å². The third-order valence-corrected chi connectivity index (χ3v) is 4.55. The van der Waals surface area contributed by atoms with Crippen LogP contribution in [0.5, 0.6) is 0 Å². The Labute approximate surface area is 110 Å². The first-order chi connectivity index (χ1) is 8.70. The van der Waals surface area contributed by atoms with Gasteiger partial charge < -0.3 is 19.7 Å². The highest BCUT2D eigenvalue weighted by molar-refractivity contribution is 7.99. The van der Waals surface area contributed by atoms with Gasteiger partial charge in [-0.1, -0.05) is 5.16 Å². The van der Waals surface area contributed by atoms with E-state index in [-0.39, 0.29) is 17.6 Å². The normalized spacial score (nSPS) is 37.0. The van der Waals surface area contributed by atoms with E-state index in [1.807, 2.05) is 18.7 Å². The molecule has 7 heteroatoms. The zero-order valence-corrected chi connectivity index (χ0v) is 11.1. The van der Waals surface area contributed by atoms with Crippen molar-refractivity contribution in [1.82, 2.24) is 10.1 Å². The maximum absolute atomic E-state index is 6.04. The fourth-order valence-electron chi connectivity index (χ4n) is 2.14. The highest BCUT2D eigenvalue weighted by Crippen LogP contribution is 2.32. The summed E-state index contributed by atoms with van der Waals surface area (Å²) in [6.07, 6.45) is -0.0663. The second kappa shape index (κ2) is 4.80. The zero-order chi connectivity index (χ0) is 12.6. The second-order valence-electron chi connectivity index (χ2n) is 4.93. The lowest BCUT2D eigenvalue weighted by atomic mass is 9.86. The summed E-state index contributed by atoms with van der Waals surface area (Å²) in [7, 11) is 0. The van der Waals surface area contributed by atoms with E-state index in [0.29, 0.717) is 24.9 Å². The Balaban J connectivity index is 1.80. The molecule has 1 aromatic heterocycles. The summed E-state index contributed by atoms with van der Waals surface area (Å²) in [5.74, 6) is 3.08. The Morgan fingerprint density at radius 2 is 2.39 bits per heavy atom. The van der Waals surface area contributed by atoms with Crippen molar-refractivity contribution in [2.45, 2.75) is 24.5 Å². The molecule has 100 valence electrons.